The van der Waals surface area contributed by atoms with Crippen LogP contribution in [0.5, 0.6) is 5.75 Å². The molecule has 0 aliphatic carbocycles. The first-order valence-electron chi connectivity index (χ1n) is 11.4. The third-order valence-electron chi connectivity index (χ3n) is 6.25. The molecular weight excluding hydrogens is 424 g/mol. The molecule has 1 atom stereocenters. The van der Waals surface area contributed by atoms with Crippen LogP contribution in [0.15, 0.2) is 42.7 Å². The summed E-state index contributed by atoms with van der Waals surface area (Å²) in [5, 5.41) is 0. The van der Waals surface area contributed by atoms with Gasteiger partial charge in [-0.1, -0.05) is 12.1 Å². The Balaban J connectivity index is 1.24. The molecule has 0 bridgehead atoms. The van der Waals surface area contributed by atoms with E-state index in [0.717, 1.165) is 5.69 Å². The second-order valence-corrected chi connectivity index (χ2v) is 8.31. The summed E-state index contributed by atoms with van der Waals surface area (Å²) in [5.41, 5.74) is 0.841. The minimum atomic E-state index is -0.641. The van der Waals surface area contributed by atoms with Gasteiger partial charge in [0.2, 0.25) is 11.9 Å². The molecule has 174 valence electrons. The summed E-state index contributed by atoms with van der Waals surface area (Å²) in [7, 11) is 0. The van der Waals surface area contributed by atoms with Gasteiger partial charge in [0.05, 0.1) is 32.0 Å². The second kappa shape index (κ2) is 9.62. The van der Waals surface area contributed by atoms with Crippen LogP contribution in [0.25, 0.3) is 0 Å². The molecule has 10 heteroatoms. The van der Waals surface area contributed by atoms with Gasteiger partial charge >= 0.3 is 0 Å². The minimum Gasteiger partial charge on any atom is -0.477 e. The SMILES string of the molecule is O=C(CN1CC(C(=O)N2CCOCC2)Oc2ccccc21)N1CCN(c2ncccn2)CC1. The minimum absolute atomic E-state index is 0.0397. The molecule has 0 radical (unpaired) electrons. The fourth-order valence-corrected chi connectivity index (χ4v) is 4.45. The lowest BCUT2D eigenvalue weighted by Gasteiger charge is -2.39. The fourth-order valence-electron chi connectivity index (χ4n) is 4.45. The number of carbonyl (C=O) groups is 2. The number of para-hydroxylation sites is 2. The van der Waals surface area contributed by atoms with E-state index in [1.165, 1.54) is 0 Å². The number of piperazine rings is 1. The topological polar surface area (TPSA) is 91.3 Å². The molecule has 10 nitrogen and oxygen atoms in total. The van der Waals surface area contributed by atoms with Crippen LogP contribution in [-0.4, -0.2) is 103 Å². The predicted molar refractivity (Wildman–Crippen MR) is 121 cm³/mol. The van der Waals surface area contributed by atoms with E-state index < -0.39 is 6.10 Å². The number of amides is 2. The van der Waals surface area contributed by atoms with E-state index in [2.05, 4.69) is 14.9 Å². The van der Waals surface area contributed by atoms with Crippen molar-refractivity contribution in [3.8, 4) is 5.75 Å². The van der Waals surface area contributed by atoms with Crippen LogP contribution < -0.4 is 14.5 Å². The Bertz CT molecular complexity index is 976. The molecule has 0 spiro atoms. The maximum atomic E-state index is 13.2. The highest BCUT2D eigenvalue weighted by molar-refractivity contribution is 5.86. The van der Waals surface area contributed by atoms with Gasteiger partial charge in [0, 0.05) is 51.7 Å². The Kier molecular flexibility index (Phi) is 6.25. The lowest BCUT2D eigenvalue weighted by molar-refractivity contribution is -0.143. The zero-order chi connectivity index (χ0) is 22.6. The van der Waals surface area contributed by atoms with E-state index in [1.54, 1.807) is 23.4 Å². The number of nitrogens with zero attached hydrogens (tertiary/aromatic N) is 6. The summed E-state index contributed by atoms with van der Waals surface area (Å²) < 4.78 is 11.4. The molecule has 1 unspecified atom stereocenters. The van der Waals surface area contributed by atoms with Crippen molar-refractivity contribution < 1.29 is 19.1 Å². The standard InChI is InChI=1S/C23H28N6O4/c30-21(26-8-10-28(11-9-26)23-24-6-3-7-25-23)17-29-16-20(22(31)27-12-14-32-15-13-27)33-19-5-2-1-4-18(19)29/h1-7,20H,8-17H2. The number of hydrogen-bond acceptors (Lipinski definition) is 8. The van der Waals surface area contributed by atoms with Gasteiger partial charge < -0.3 is 29.1 Å². The van der Waals surface area contributed by atoms with Crippen molar-refractivity contribution >= 4 is 23.5 Å². The van der Waals surface area contributed by atoms with Gasteiger partial charge in [0.15, 0.2) is 6.10 Å². The fraction of sp³-hybridized carbons (Fsp3) is 0.478. The average molecular weight is 453 g/mol. The van der Waals surface area contributed by atoms with Crippen molar-refractivity contribution in [3.05, 3.63) is 42.7 Å². The Labute approximate surface area is 192 Å². The molecule has 1 aromatic heterocycles. The average Bonchev–Trinajstić information content (AvgIpc) is 2.89. The van der Waals surface area contributed by atoms with E-state index in [1.807, 2.05) is 34.1 Å². The van der Waals surface area contributed by atoms with Gasteiger partial charge in [-0.3, -0.25) is 9.59 Å². The number of aromatic nitrogens is 2. The van der Waals surface area contributed by atoms with Crippen molar-refractivity contribution in [3.63, 3.8) is 0 Å². The van der Waals surface area contributed by atoms with Crippen LogP contribution in [0.4, 0.5) is 11.6 Å². The first-order chi connectivity index (χ1) is 16.2. The number of anilines is 2. The number of rotatable bonds is 4. The molecule has 2 saturated heterocycles. The highest BCUT2D eigenvalue weighted by Gasteiger charge is 2.35. The van der Waals surface area contributed by atoms with Gasteiger partial charge in [-0.25, -0.2) is 9.97 Å². The Hall–Kier alpha value is -3.40. The second-order valence-electron chi connectivity index (χ2n) is 8.31. The summed E-state index contributed by atoms with van der Waals surface area (Å²) in [6.45, 7) is 5.35. The zero-order valence-electron chi connectivity index (χ0n) is 18.5. The van der Waals surface area contributed by atoms with Crippen molar-refractivity contribution in [1.29, 1.82) is 0 Å². The normalized spacial score (nSPS) is 20.8. The van der Waals surface area contributed by atoms with Gasteiger partial charge in [-0.05, 0) is 18.2 Å². The number of ether oxygens (including phenoxy) is 2. The van der Waals surface area contributed by atoms with Crippen molar-refractivity contribution in [2.24, 2.45) is 0 Å². The van der Waals surface area contributed by atoms with Crippen molar-refractivity contribution in [1.82, 2.24) is 19.8 Å². The van der Waals surface area contributed by atoms with Crippen LogP contribution >= 0.6 is 0 Å². The summed E-state index contributed by atoms with van der Waals surface area (Å²) in [6, 6.07) is 9.38. The first kappa shape index (κ1) is 21.4. The van der Waals surface area contributed by atoms with Crippen LogP contribution in [0.3, 0.4) is 0 Å². The van der Waals surface area contributed by atoms with Gasteiger partial charge in [0.25, 0.3) is 5.91 Å². The monoisotopic (exact) mass is 452 g/mol. The molecule has 33 heavy (non-hydrogen) atoms. The molecule has 4 heterocycles. The van der Waals surface area contributed by atoms with Crippen molar-refractivity contribution in [2.75, 3.05) is 75.4 Å². The van der Waals surface area contributed by atoms with Gasteiger partial charge in [-0.2, -0.15) is 0 Å². The molecule has 2 aromatic rings. The van der Waals surface area contributed by atoms with Gasteiger partial charge in [0.1, 0.15) is 5.75 Å². The van der Waals surface area contributed by atoms with Crippen LogP contribution in [0.1, 0.15) is 0 Å². The van der Waals surface area contributed by atoms with E-state index in [4.69, 9.17) is 9.47 Å². The van der Waals surface area contributed by atoms with Crippen LogP contribution in [0.2, 0.25) is 0 Å². The number of fused-ring (bicyclic) bond motifs is 1. The number of morpholine rings is 1. The zero-order valence-corrected chi connectivity index (χ0v) is 18.5. The molecular formula is C23H28N6O4. The third-order valence-corrected chi connectivity index (χ3v) is 6.25. The highest BCUT2D eigenvalue weighted by Crippen LogP contribution is 2.33. The van der Waals surface area contributed by atoms with Crippen LogP contribution in [-0.2, 0) is 14.3 Å². The van der Waals surface area contributed by atoms with Gasteiger partial charge in [-0.15, -0.1) is 0 Å². The summed E-state index contributed by atoms with van der Waals surface area (Å²) in [4.78, 5) is 42.6. The molecule has 0 N–H and O–H groups in total. The lowest BCUT2D eigenvalue weighted by atomic mass is 10.1. The number of benzene rings is 1. The Morgan fingerprint density at radius 1 is 0.909 bits per heavy atom. The van der Waals surface area contributed by atoms with E-state index in [-0.39, 0.29) is 18.4 Å². The molecule has 5 rings (SSSR count). The molecule has 2 amide bonds. The molecule has 0 saturated carbocycles. The smallest absolute Gasteiger partial charge is 0.265 e. The maximum Gasteiger partial charge on any atom is 0.265 e. The van der Waals surface area contributed by atoms with E-state index in [9.17, 15) is 9.59 Å². The lowest BCUT2D eigenvalue weighted by Crippen LogP contribution is -2.55. The van der Waals surface area contributed by atoms with Crippen molar-refractivity contribution in [2.45, 2.75) is 6.10 Å². The number of hydrogen-bond donors (Lipinski definition) is 0. The summed E-state index contributed by atoms with van der Waals surface area (Å²) in [6.07, 6.45) is 2.81. The molecule has 2 fully saturated rings. The molecule has 1 aromatic carbocycles. The highest BCUT2D eigenvalue weighted by atomic mass is 16.5. The number of carbonyl (C=O) groups excluding carboxylic acids is 2. The van der Waals surface area contributed by atoms with E-state index >= 15 is 0 Å². The third kappa shape index (κ3) is 4.70. The Morgan fingerprint density at radius 2 is 1.64 bits per heavy atom. The van der Waals surface area contributed by atoms with Crippen LogP contribution in [0, 0.1) is 0 Å². The Morgan fingerprint density at radius 3 is 2.39 bits per heavy atom. The quantitative estimate of drug-likeness (QED) is 0.652. The van der Waals surface area contributed by atoms with E-state index in [0.29, 0.717) is 70.7 Å². The first-order valence-corrected chi connectivity index (χ1v) is 11.4. The molecule has 3 aliphatic heterocycles. The summed E-state index contributed by atoms with van der Waals surface area (Å²) >= 11 is 0. The largest absolute Gasteiger partial charge is 0.477 e. The predicted octanol–water partition coefficient (Wildman–Crippen LogP) is 0.252. The summed E-state index contributed by atoms with van der Waals surface area (Å²) in [5.74, 6) is 1.31. The maximum absolute atomic E-state index is 13.2. The molecule has 3 aliphatic rings.